The van der Waals surface area contributed by atoms with Crippen LogP contribution in [0.25, 0.3) is 0 Å². The number of nitrogens with one attached hydrogen (secondary N) is 2. The highest BCUT2D eigenvalue weighted by Crippen LogP contribution is 2.19. The van der Waals surface area contributed by atoms with Crippen molar-refractivity contribution in [3.05, 3.63) is 23.8 Å². The summed E-state index contributed by atoms with van der Waals surface area (Å²) in [6.07, 6.45) is 2.13. The Bertz CT molecular complexity index is 524. The van der Waals surface area contributed by atoms with Crippen LogP contribution in [-0.2, 0) is 4.79 Å². The molecule has 1 aliphatic rings. The van der Waals surface area contributed by atoms with Crippen LogP contribution in [0.3, 0.4) is 0 Å². The zero-order valence-electron chi connectivity index (χ0n) is 12.3. The van der Waals surface area contributed by atoms with Crippen LogP contribution in [0.5, 0.6) is 0 Å². The van der Waals surface area contributed by atoms with Crippen molar-refractivity contribution in [2.45, 2.75) is 19.8 Å². The van der Waals surface area contributed by atoms with Crippen LogP contribution in [0.2, 0.25) is 0 Å². The predicted octanol–water partition coefficient (Wildman–Crippen LogP) is 1.05. The van der Waals surface area contributed by atoms with Gasteiger partial charge in [-0.25, -0.2) is 0 Å². The lowest BCUT2D eigenvalue weighted by Gasteiger charge is -2.17. The quantitative estimate of drug-likeness (QED) is 0.707. The van der Waals surface area contributed by atoms with E-state index >= 15 is 0 Å². The maximum atomic E-state index is 12.0. The summed E-state index contributed by atoms with van der Waals surface area (Å²) in [4.78, 5) is 25.9. The lowest BCUT2D eigenvalue weighted by molar-refractivity contribution is -0.128. The van der Waals surface area contributed by atoms with Crippen molar-refractivity contribution < 1.29 is 9.59 Å². The van der Waals surface area contributed by atoms with Crippen molar-refractivity contribution in [3.8, 4) is 0 Å². The van der Waals surface area contributed by atoms with E-state index in [0.717, 1.165) is 25.9 Å². The minimum Gasteiger partial charge on any atom is -0.399 e. The van der Waals surface area contributed by atoms with Gasteiger partial charge in [-0.15, -0.1) is 0 Å². The van der Waals surface area contributed by atoms with E-state index in [-0.39, 0.29) is 18.4 Å². The average molecular weight is 290 g/mol. The topological polar surface area (TPSA) is 87.5 Å². The van der Waals surface area contributed by atoms with Crippen molar-refractivity contribution >= 4 is 23.2 Å². The molecule has 0 aliphatic carbocycles. The molecule has 0 spiro atoms. The third-order valence-corrected chi connectivity index (χ3v) is 3.51. The van der Waals surface area contributed by atoms with Crippen LogP contribution >= 0.6 is 0 Å². The summed E-state index contributed by atoms with van der Waals surface area (Å²) in [5.41, 5.74) is 7.41. The maximum absolute atomic E-state index is 12.0. The number of carbonyl (C=O) groups excluding carboxylic acids is 2. The lowest BCUT2D eigenvalue weighted by atomic mass is 10.1. The van der Waals surface area contributed by atoms with E-state index in [1.807, 2.05) is 11.8 Å². The Labute approximate surface area is 124 Å². The van der Waals surface area contributed by atoms with Crippen molar-refractivity contribution in [3.63, 3.8) is 0 Å². The SMILES string of the molecule is CCNC(=O)c1ccc(N)cc1NCC(=O)N1CCCC1. The molecule has 0 aromatic heterocycles. The molecule has 6 nitrogen and oxygen atoms in total. The van der Waals surface area contributed by atoms with Gasteiger partial charge in [-0.2, -0.15) is 0 Å². The number of carbonyl (C=O) groups is 2. The van der Waals surface area contributed by atoms with E-state index in [4.69, 9.17) is 5.73 Å². The summed E-state index contributed by atoms with van der Waals surface area (Å²) in [6, 6.07) is 5.03. The molecule has 1 aromatic rings. The number of nitrogen functional groups attached to an aromatic ring is 1. The summed E-state index contributed by atoms with van der Waals surface area (Å²) in [5.74, 6) is -0.120. The van der Waals surface area contributed by atoms with Gasteiger partial charge in [0.1, 0.15) is 0 Å². The van der Waals surface area contributed by atoms with Crippen molar-refractivity contribution in [2.75, 3.05) is 37.2 Å². The second kappa shape index (κ2) is 6.97. The van der Waals surface area contributed by atoms with Crippen LogP contribution in [-0.4, -0.2) is 42.9 Å². The molecule has 0 unspecified atom stereocenters. The molecule has 0 atom stereocenters. The Balaban J connectivity index is 2.05. The van der Waals surface area contributed by atoms with E-state index in [0.29, 0.717) is 23.5 Å². The predicted molar refractivity (Wildman–Crippen MR) is 83.2 cm³/mol. The van der Waals surface area contributed by atoms with E-state index in [2.05, 4.69) is 10.6 Å². The van der Waals surface area contributed by atoms with Crippen LogP contribution < -0.4 is 16.4 Å². The van der Waals surface area contributed by atoms with Crippen molar-refractivity contribution in [1.29, 1.82) is 0 Å². The largest absolute Gasteiger partial charge is 0.399 e. The highest BCUT2D eigenvalue weighted by molar-refractivity contribution is 6.00. The number of likely N-dealkylation sites (tertiary alicyclic amines) is 1. The molecule has 1 fully saturated rings. The Morgan fingerprint density at radius 3 is 2.67 bits per heavy atom. The van der Waals surface area contributed by atoms with Gasteiger partial charge in [-0.05, 0) is 38.0 Å². The first-order chi connectivity index (χ1) is 10.1. The first-order valence-electron chi connectivity index (χ1n) is 7.31. The number of nitrogens with two attached hydrogens (primary N) is 1. The molecule has 1 aromatic carbocycles. The average Bonchev–Trinajstić information content (AvgIpc) is 2.99. The molecule has 0 saturated carbocycles. The number of nitrogens with zero attached hydrogens (tertiary/aromatic N) is 1. The normalized spacial score (nSPS) is 14.0. The standard InChI is InChI=1S/C15H22N4O2/c1-2-17-15(21)12-6-5-11(16)9-13(12)18-10-14(20)19-7-3-4-8-19/h5-6,9,18H,2-4,7-8,10,16H2,1H3,(H,17,21). The fourth-order valence-electron chi connectivity index (χ4n) is 2.41. The molecule has 21 heavy (non-hydrogen) atoms. The van der Waals surface area contributed by atoms with E-state index in [1.165, 1.54) is 0 Å². The Hall–Kier alpha value is -2.24. The molecule has 0 radical (unpaired) electrons. The van der Waals surface area contributed by atoms with Gasteiger partial charge >= 0.3 is 0 Å². The molecule has 1 aliphatic heterocycles. The number of hydrogen-bond acceptors (Lipinski definition) is 4. The van der Waals surface area contributed by atoms with Gasteiger partial charge in [0.05, 0.1) is 12.1 Å². The van der Waals surface area contributed by atoms with E-state index in [1.54, 1.807) is 18.2 Å². The van der Waals surface area contributed by atoms with E-state index in [9.17, 15) is 9.59 Å². The fraction of sp³-hybridized carbons (Fsp3) is 0.467. The van der Waals surface area contributed by atoms with Crippen molar-refractivity contribution in [1.82, 2.24) is 10.2 Å². The third kappa shape index (κ3) is 3.87. The van der Waals surface area contributed by atoms with Crippen LogP contribution in [0.4, 0.5) is 11.4 Å². The van der Waals surface area contributed by atoms with Gasteiger partial charge in [-0.3, -0.25) is 9.59 Å². The second-order valence-corrected chi connectivity index (χ2v) is 5.11. The first kappa shape index (κ1) is 15.2. The van der Waals surface area contributed by atoms with Gasteiger partial charge in [-0.1, -0.05) is 0 Å². The van der Waals surface area contributed by atoms with Crippen LogP contribution in [0, 0.1) is 0 Å². The summed E-state index contributed by atoms with van der Waals surface area (Å²) in [6.45, 7) is 4.23. The molecule has 2 rings (SSSR count). The number of hydrogen-bond donors (Lipinski definition) is 3. The lowest BCUT2D eigenvalue weighted by Crippen LogP contribution is -2.33. The second-order valence-electron chi connectivity index (χ2n) is 5.11. The summed E-state index contributed by atoms with van der Waals surface area (Å²) >= 11 is 0. The number of rotatable bonds is 5. The van der Waals surface area contributed by atoms with E-state index < -0.39 is 0 Å². The van der Waals surface area contributed by atoms with Gasteiger partial charge in [0.15, 0.2) is 0 Å². The maximum Gasteiger partial charge on any atom is 0.253 e. The highest BCUT2D eigenvalue weighted by atomic mass is 16.2. The Kier molecular flexibility index (Phi) is 5.03. The van der Waals surface area contributed by atoms with Gasteiger partial charge < -0.3 is 21.3 Å². The van der Waals surface area contributed by atoms with Crippen LogP contribution in [0.1, 0.15) is 30.1 Å². The molecular weight excluding hydrogens is 268 g/mol. The smallest absolute Gasteiger partial charge is 0.253 e. The summed E-state index contributed by atoms with van der Waals surface area (Å²) < 4.78 is 0. The molecule has 4 N–H and O–H groups in total. The molecule has 2 amide bonds. The number of anilines is 2. The zero-order valence-corrected chi connectivity index (χ0v) is 12.3. The molecule has 1 heterocycles. The summed E-state index contributed by atoms with van der Waals surface area (Å²) in [5, 5.41) is 5.79. The number of amides is 2. The minimum absolute atomic E-state index is 0.0526. The molecule has 114 valence electrons. The van der Waals surface area contributed by atoms with Crippen molar-refractivity contribution in [2.24, 2.45) is 0 Å². The monoisotopic (exact) mass is 290 g/mol. The molecule has 1 saturated heterocycles. The fourth-order valence-corrected chi connectivity index (χ4v) is 2.41. The van der Waals surface area contributed by atoms with Gasteiger partial charge in [0.25, 0.3) is 5.91 Å². The molecule has 6 heteroatoms. The first-order valence-corrected chi connectivity index (χ1v) is 7.31. The summed E-state index contributed by atoms with van der Waals surface area (Å²) in [7, 11) is 0. The third-order valence-electron chi connectivity index (χ3n) is 3.51. The number of benzene rings is 1. The Morgan fingerprint density at radius 2 is 2.00 bits per heavy atom. The Morgan fingerprint density at radius 1 is 1.29 bits per heavy atom. The van der Waals surface area contributed by atoms with Gasteiger partial charge in [0, 0.05) is 31.0 Å². The molecular formula is C15H22N4O2. The zero-order chi connectivity index (χ0) is 15.2. The van der Waals surface area contributed by atoms with Gasteiger partial charge in [0.2, 0.25) is 5.91 Å². The highest BCUT2D eigenvalue weighted by Gasteiger charge is 2.18. The molecule has 0 bridgehead atoms. The van der Waals surface area contributed by atoms with Crippen LogP contribution in [0.15, 0.2) is 18.2 Å². The minimum atomic E-state index is -0.173.